The third kappa shape index (κ3) is 5.02. The first-order valence-corrected chi connectivity index (χ1v) is 2.92. The number of ether oxygens (including phenoxy) is 1. The number of carbonyl (C=O) groups is 3. The van der Waals surface area contributed by atoms with Crippen molar-refractivity contribution in [3.05, 3.63) is 11.6 Å². The molecule has 11 heavy (non-hydrogen) atoms. The van der Waals surface area contributed by atoms with Crippen LogP contribution in [0.4, 0.5) is 0 Å². The van der Waals surface area contributed by atoms with Crippen molar-refractivity contribution in [3.63, 3.8) is 0 Å². The van der Waals surface area contributed by atoms with Gasteiger partial charge in [-0.1, -0.05) is 0 Å². The molecular weight excluding hydrogens is 148 g/mol. The summed E-state index contributed by atoms with van der Waals surface area (Å²) in [7, 11) is 0. The predicted molar refractivity (Wildman–Crippen MR) is 36.6 cm³/mol. The lowest BCUT2D eigenvalue weighted by Gasteiger charge is -1.92. The average molecular weight is 156 g/mol. The molecule has 0 rings (SSSR count). The summed E-state index contributed by atoms with van der Waals surface area (Å²) in [6.07, 6.45) is 1.45. The van der Waals surface area contributed by atoms with E-state index in [2.05, 4.69) is 4.74 Å². The van der Waals surface area contributed by atoms with Crippen LogP contribution in [-0.2, 0) is 19.1 Å². The second-order valence-electron chi connectivity index (χ2n) is 1.92. The summed E-state index contributed by atoms with van der Waals surface area (Å²) < 4.78 is 4.11. The molecular formula is C7H8O4. The van der Waals surface area contributed by atoms with Gasteiger partial charge in [0.05, 0.1) is 0 Å². The van der Waals surface area contributed by atoms with Gasteiger partial charge in [-0.3, -0.25) is 9.59 Å². The molecule has 4 heteroatoms. The fraction of sp³-hybridized carbons (Fsp3) is 0.286. The molecule has 0 saturated heterocycles. The molecule has 0 bridgehead atoms. The highest BCUT2D eigenvalue weighted by Gasteiger charge is 2.01. The van der Waals surface area contributed by atoms with Gasteiger partial charge in [0.2, 0.25) is 0 Å². The van der Waals surface area contributed by atoms with Gasteiger partial charge in [0.1, 0.15) is 6.29 Å². The van der Waals surface area contributed by atoms with Crippen LogP contribution in [0.15, 0.2) is 11.6 Å². The molecule has 0 aliphatic rings. The lowest BCUT2D eigenvalue weighted by molar-refractivity contribution is -0.154. The third-order valence-electron chi connectivity index (χ3n) is 0.776. The third-order valence-corrected chi connectivity index (χ3v) is 0.776. The Bertz CT molecular complexity index is 214. The Morgan fingerprint density at radius 2 is 1.82 bits per heavy atom. The topological polar surface area (TPSA) is 60.4 Å². The molecule has 0 aromatic carbocycles. The average Bonchev–Trinajstić information content (AvgIpc) is 1.85. The van der Waals surface area contributed by atoms with Crippen LogP contribution in [0.5, 0.6) is 0 Å². The Morgan fingerprint density at radius 3 is 2.18 bits per heavy atom. The number of hydrogen-bond donors (Lipinski definition) is 0. The zero-order valence-electron chi connectivity index (χ0n) is 6.29. The van der Waals surface area contributed by atoms with Crippen molar-refractivity contribution >= 4 is 18.2 Å². The summed E-state index contributed by atoms with van der Waals surface area (Å²) in [4.78, 5) is 30.7. The van der Waals surface area contributed by atoms with Gasteiger partial charge in [-0.15, -0.1) is 0 Å². The molecule has 0 atom stereocenters. The van der Waals surface area contributed by atoms with Crippen LogP contribution >= 0.6 is 0 Å². The second kappa shape index (κ2) is 4.38. The van der Waals surface area contributed by atoms with Gasteiger partial charge in [-0.25, -0.2) is 4.79 Å². The minimum absolute atomic E-state index is 0.219. The summed E-state index contributed by atoms with van der Waals surface area (Å²) in [6, 6.07) is 0. The smallest absolute Gasteiger partial charge is 0.338 e. The van der Waals surface area contributed by atoms with Crippen LogP contribution in [0.25, 0.3) is 0 Å². The zero-order valence-corrected chi connectivity index (χ0v) is 6.29. The maximum atomic E-state index is 10.5. The summed E-state index contributed by atoms with van der Waals surface area (Å²) in [5, 5.41) is 0. The van der Waals surface area contributed by atoms with E-state index in [0.717, 1.165) is 13.0 Å². The van der Waals surface area contributed by atoms with Gasteiger partial charge < -0.3 is 4.74 Å². The first kappa shape index (κ1) is 9.55. The van der Waals surface area contributed by atoms with Gasteiger partial charge in [0, 0.05) is 13.0 Å². The Hall–Kier alpha value is -1.45. The molecule has 0 unspecified atom stereocenters. The van der Waals surface area contributed by atoms with Gasteiger partial charge in [-0.2, -0.15) is 0 Å². The van der Waals surface area contributed by atoms with Gasteiger partial charge in [0.25, 0.3) is 0 Å². The molecule has 0 radical (unpaired) electrons. The lowest BCUT2D eigenvalue weighted by atomic mass is 10.3. The lowest BCUT2D eigenvalue weighted by Crippen LogP contribution is -2.06. The molecule has 0 aromatic heterocycles. The molecule has 60 valence electrons. The molecule has 0 aliphatic heterocycles. The Balaban J connectivity index is 4.07. The molecule has 0 fully saturated rings. The molecule has 0 saturated carbocycles. The van der Waals surface area contributed by atoms with Crippen LogP contribution < -0.4 is 0 Å². The quantitative estimate of drug-likeness (QED) is 0.248. The van der Waals surface area contributed by atoms with Gasteiger partial charge in [-0.05, 0) is 12.5 Å². The van der Waals surface area contributed by atoms with E-state index in [1.807, 2.05) is 0 Å². The summed E-state index contributed by atoms with van der Waals surface area (Å²) in [6.45, 7) is 2.55. The Morgan fingerprint density at radius 1 is 1.27 bits per heavy atom. The van der Waals surface area contributed by atoms with E-state index in [0.29, 0.717) is 6.29 Å². The van der Waals surface area contributed by atoms with Crippen LogP contribution in [-0.4, -0.2) is 18.2 Å². The van der Waals surface area contributed by atoms with Crippen molar-refractivity contribution < 1.29 is 19.1 Å². The maximum Gasteiger partial charge on any atom is 0.338 e. The summed E-state index contributed by atoms with van der Waals surface area (Å²) >= 11 is 0. The molecule has 0 aromatic rings. The predicted octanol–water partition coefficient (Wildman–Crippen LogP) is 0.221. The van der Waals surface area contributed by atoms with E-state index in [9.17, 15) is 14.4 Å². The SMILES string of the molecule is CC(=O)OC(=O)C=C(C)C=O. The van der Waals surface area contributed by atoms with E-state index in [1.54, 1.807) is 0 Å². The summed E-state index contributed by atoms with van der Waals surface area (Å²) in [5.74, 6) is -1.51. The normalized spacial score (nSPS) is 10.5. The van der Waals surface area contributed by atoms with Crippen LogP contribution in [0.1, 0.15) is 13.8 Å². The number of hydrogen-bond acceptors (Lipinski definition) is 4. The summed E-state index contributed by atoms with van der Waals surface area (Å²) in [5.41, 5.74) is 0.219. The first-order chi connectivity index (χ1) is 5.06. The van der Waals surface area contributed by atoms with Gasteiger partial charge in [0.15, 0.2) is 0 Å². The molecule has 4 nitrogen and oxygen atoms in total. The van der Waals surface area contributed by atoms with E-state index < -0.39 is 11.9 Å². The van der Waals surface area contributed by atoms with Crippen molar-refractivity contribution in [2.24, 2.45) is 0 Å². The molecule has 0 amide bonds. The number of rotatable bonds is 2. The van der Waals surface area contributed by atoms with E-state index in [-0.39, 0.29) is 5.57 Å². The van der Waals surface area contributed by atoms with Crippen molar-refractivity contribution in [2.75, 3.05) is 0 Å². The van der Waals surface area contributed by atoms with Crippen LogP contribution in [0.2, 0.25) is 0 Å². The number of aldehydes is 1. The van der Waals surface area contributed by atoms with Crippen LogP contribution in [0.3, 0.4) is 0 Å². The van der Waals surface area contributed by atoms with Gasteiger partial charge >= 0.3 is 11.9 Å². The second-order valence-corrected chi connectivity index (χ2v) is 1.92. The van der Waals surface area contributed by atoms with Crippen LogP contribution in [0, 0.1) is 0 Å². The highest BCUT2D eigenvalue weighted by Crippen LogP contribution is 1.89. The zero-order chi connectivity index (χ0) is 8.85. The minimum Gasteiger partial charge on any atom is -0.390 e. The highest BCUT2D eigenvalue weighted by molar-refractivity contribution is 5.95. The largest absolute Gasteiger partial charge is 0.390 e. The number of allylic oxidation sites excluding steroid dienone is 1. The molecule has 0 spiro atoms. The van der Waals surface area contributed by atoms with Crippen molar-refractivity contribution in [3.8, 4) is 0 Å². The van der Waals surface area contributed by atoms with E-state index in [4.69, 9.17) is 0 Å². The molecule has 0 N–H and O–H groups in total. The highest BCUT2D eigenvalue weighted by atomic mass is 16.6. The Labute approximate surface area is 63.8 Å². The van der Waals surface area contributed by atoms with Crippen molar-refractivity contribution in [1.29, 1.82) is 0 Å². The molecule has 0 aliphatic carbocycles. The standard InChI is InChI=1S/C7H8O4/c1-5(4-8)3-7(10)11-6(2)9/h3-4H,1-2H3. The fourth-order valence-electron chi connectivity index (χ4n) is 0.391. The molecule has 0 heterocycles. The Kier molecular flexibility index (Phi) is 3.80. The minimum atomic E-state index is -0.818. The maximum absolute atomic E-state index is 10.5. The monoisotopic (exact) mass is 156 g/mol. The van der Waals surface area contributed by atoms with E-state index >= 15 is 0 Å². The first-order valence-electron chi connectivity index (χ1n) is 2.92. The number of esters is 2. The van der Waals surface area contributed by atoms with Crippen molar-refractivity contribution in [1.82, 2.24) is 0 Å². The number of carbonyl (C=O) groups excluding carboxylic acids is 3. The van der Waals surface area contributed by atoms with Crippen molar-refractivity contribution in [2.45, 2.75) is 13.8 Å². The fourth-order valence-corrected chi connectivity index (χ4v) is 0.391. The van der Waals surface area contributed by atoms with E-state index in [1.165, 1.54) is 6.92 Å².